The van der Waals surface area contributed by atoms with Gasteiger partial charge in [0.05, 0.1) is 5.69 Å². The van der Waals surface area contributed by atoms with Crippen molar-refractivity contribution in [3.8, 4) is 0 Å². The smallest absolute Gasteiger partial charge is 0.426 e. The van der Waals surface area contributed by atoms with Crippen molar-refractivity contribution in [1.29, 1.82) is 0 Å². The number of hydrazine groups is 1. The molecular weight excluding hydrogens is 296 g/mol. The van der Waals surface area contributed by atoms with Gasteiger partial charge in [-0.1, -0.05) is 48.5 Å². The Balaban J connectivity index is 2.02. The van der Waals surface area contributed by atoms with Crippen molar-refractivity contribution < 1.29 is 19.4 Å². The highest BCUT2D eigenvalue weighted by Gasteiger charge is 2.23. The number of rotatable bonds is 6. The number of hydrogen-bond donors (Lipinski definition) is 2. The zero-order valence-corrected chi connectivity index (χ0v) is 12.7. The van der Waals surface area contributed by atoms with Crippen molar-refractivity contribution in [2.24, 2.45) is 0 Å². The summed E-state index contributed by atoms with van der Waals surface area (Å²) in [5.74, 6) is -1.06. The molecule has 0 spiro atoms. The maximum atomic E-state index is 12.0. The van der Waals surface area contributed by atoms with Crippen LogP contribution in [0.25, 0.3) is 0 Å². The Morgan fingerprint density at radius 3 is 2.22 bits per heavy atom. The number of nitrogens with zero attached hydrogens (tertiary/aromatic N) is 1. The molecule has 0 saturated heterocycles. The molecule has 2 N–H and O–H groups in total. The van der Waals surface area contributed by atoms with Crippen molar-refractivity contribution in [2.45, 2.75) is 19.6 Å². The van der Waals surface area contributed by atoms with E-state index in [2.05, 4.69) is 5.43 Å². The Morgan fingerprint density at radius 1 is 1.09 bits per heavy atom. The molecule has 1 amide bonds. The predicted octanol–water partition coefficient (Wildman–Crippen LogP) is 2.81. The summed E-state index contributed by atoms with van der Waals surface area (Å²) in [6, 6.07) is 17.0. The van der Waals surface area contributed by atoms with E-state index in [1.54, 1.807) is 30.3 Å². The number of carbonyl (C=O) groups is 2. The van der Waals surface area contributed by atoms with Crippen LogP contribution in [0.4, 0.5) is 10.5 Å². The van der Waals surface area contributed by atoms with E-state index in [1.807, 2.05) is 30.3 Å². The quantitative estimate of drug-likeness (QED) is 0.802. The summed E-state index contributed by atoms with van der Waals surface area (Å²) in [6.45, 7) is 1.59. The molecule has 0 bridgehead atoms. The van der Waals surface area contributed by atoms with E-state index in [0.29, 0.717) is 5.69 Å². The monoisotopic (exact) mass is 314 g/mol. The maximum Gasteiger partial charge on any atom is 0.426 e. The van der Waals surface area contributed by atoms with Crippen LogP contribution in [-0.4, -0.2) is 23.2 Å². The molecule has 0 saturated carbocycles. The molecule has 1 atom stereocenters. The summed E-state index contributed by atoms with van der Waals surface area (Å²) in [5.41, 5.74) is 3.88. The lowest BCUT2D eigenvalue weighted by Gasteiger charge is -2.28. The molecule has 0 radical (unpaired) electrons. The van der Waals surface area contributed by atoms with Gasteiger partial charge in [0, 0.05) is 0 Å². The van der Waals surface area contributed by atoms with E-state index in [0.717, 1.165) is 5.56 Å². The molecule has 0 aromatic heterocycles. The average Bonchev–Trinajstić information content (AvgIpc) is 2.59. The van der Waals surface area contributed by atoms with Crippen LogP contribution in [0.3, 0.4) is 0 Å². The number of carboxylic acid groups (broad SMARTS) is 1. The van der Waals surface area contributed by atoms with Gasteiger partial charge in [0.2, 0.25) is 0 Å². The number of aliphatic carboxylic acids is 1. The van der Waals surface area contributed by atoms with Gasteiger partial charge in [-0.15, -0.1) is 0 Å². The molecule has 0 unspecified atom stereocenters. The van der Waals surface area contributed by atoms with Crippen LogP contribution in [0.1, 0.15) is 12.5 Å². The number of para-hydroxylation sites is 1. The molecule has 0 fully saturated rings. The van der Waals surface area contributed by atoms with Crippen LogP contribution in [-0.2, 0) is 16.1 Å². The molecule has 2 aromatic rings. The first-order valence-corrected chi connectivity index (χ1v) is 7.12. The van der Waals surface area contributed by atoms with Crippen LogP contribution >= 0.6 is 0 Å². The van der Waals surface area contributed by atoms with E-state index in [9.17, 15) is 14.7 Å². The molecule has 0 aliphatic carbocycles. The fourth-order valence-electron chi connectivity index (χ4n) is 1.94. The molecule has 2 rings (SSSR count). The minimum Gasteiger partial charge on any atom is -0.480 e. The zero-order chi connectivity index (χ0) is 16.7. The number of carbonyl (C=O) groups excluding carboxylic acids is 1. The SMILES string of the molecule is C[C@@H](C(=O)O)N(NC(=O)OCc1ccccc1)c1ccccc1. The lowest BCUT2D eigenvalue weighted by Crippen LogP contribution is -2.51. The van der Waals surface area contributed by atoms with Crippen LogP contribution < -0.4 is 10.4 Å². The third-order valence-corrected chi connectivity index (χ3v) is 3.20. The molecule has 2 aromatic carbocycles. The lowest BCUT2D eigenvalue weighted by atomic mass is 10.2. The Hall–Kier alpha value is -3.02. The van der Waals surface area contributed by atoms with Crippen LogP contribution in [0.15, 0.2) is 60.7 Å². The molecule has 23 heavy (non-hydrogen) atoms. The number of anilines is 1. The van der Waals surface area contributed by atoms with E-state index < -0.39 is 18.1 Å². The Kier molecular flexibility index (Phi) is 5.57. The molecule has 120 valence electrons. The summed E-state index contributed by atoms with van der Waals surface area (Å²) in [5, 5.41) is 10.5. The Morgan fingerprint density at radius 2 is 1.65 bits per heavy atom. The van der Waals surface area contributed by atoms with Gasteiger partial charge in [-0.3, -0.25) is 5.01 Å². The first-order valence-electron chi connectivity index (χ1n) is 7.12. The first kappa shape index (κ1) is 16.4. The fraction of sp³-hybridized carbons (Fsp3) is 0.176. The molecule has 0 aliphatic heterocycles. The molecule has 0 aliphatic rings. The summed E-state index contributed by atoms with van der Waals surface area (Å²) < 4.78 is 5.13. The summed E-state index contributed by atoms with van der Waals surface area (Å²) in [6.07, 6.45) is -0.717. The van der Waals surface area contributed by atoms with Crippen molar-refractivity contribution in [3.63, 3.8) is 0 Å². The number of ether oxygens (including phenoxy) is 1. The number of carboxylic acids is 1. The molecular formula is C17H18N2O4. The van der Waals surface area contributed by atoms with Gasteiger partial charge in [0.1, 0.15) is 12.6 Å². The summed E-state index contributed by atoms with van der Waals surface area (Å²) in [4.78, 5) is 23.2. The first-order chi connectivity index (χ1) is 11.1. The van der Waals surface area contributed by atoms with E-state index in [1.165, 1.54) is 11.9 Å². The van der Waals surface area contributed by atoms with E-state index >= 15 is 0 Å². The highest BCUT2D eigenvalue weighted by Crippen LogP contribution is 2.14. The number of amides is 1. The van der Waals surface area contributed by atoms with Gasteiger partial charge in [-0.25, -0.2) is 15.0 Å². The minimum absolute atomic E-state index is 0.108. The highest BCUT2D eigenvalue weighted by atomic mass is 16.6. The van der Waals surface area contributed by atoms with Crippen molar-refractivity contribution >= 4 is 17.7 Å². The normalized spacial score (nSPS) is 11.3. The lowest BCUT2D eigenvalue weighted by molar-refractivity contribution is -0.138. The third kappa shape index (κ3) is 4.74. The van der Waals surface area contributed by atoms with Crippen LogP contribution in [0, 0.1) is 0 Å². The summed E-state index contributed by atoms with van der Waals surface area (Å²) >= 11 is 0. The van der Waals surface area contributed by atoms with Crippen molar-refractivity contribution in [2.75, 3.05) is 5.01 Å². The average molecular weight is 314 g/mol. The van der Waals surface area contributed by atoms with Gasteiger partial charge >= 0.3 is 12.1 Å². The Bertz CT molecular complexity index is 646. The predicted molar refractivity (Wildman–Crippen MR) is 85.8 cm³/mol. The van der Waals surface area contributed by atoms with Gasteiger partial charge in [-0.2, -0.15) is 0 Å². The van der Waals surface area contributed by atoms with Crippen molar-refractivity contribution in [1.82, 2.24) is 5.43 Å². The van der Waals surface area contributed by atoms with E-state index in [4.69, 9.17) is 4.74 Å². The number of nitrogens with one attached hydrogen (secondary N) is 1. The number of hydrogen-bond acceptors (Lipinski definition) is 4. The molecule has 6 heteroatoms. The number of benzene rings is 2. The van der Waals surface area contributed by atoms with Gasteiger partial charge in [0.15, 0.2) is 0 Å². The molecule has 0 heterocycles. The van der Waals surface area contributed by atoms with Crippen molar-refractivity contribution in [3.05, 3.63) is 66.2 Å². The third-order valence-electron chi connectivity index (χ3n) is 3.20. The topological polar surface area (TPSA) is 78.9 Å². The fourth-order valence-corrected chi connectivity index (χ4v) is 1.94. The van der Waals surface area contributed by atoms with Crippen LogP contribution in [0.2, 0.25) is 0 Å². The standard InChI is InChI=1S/C17H18N2O4/c1-13(16(20)21)19(15-10-6-3-7-11-15)18-17(22)23-12-14-8-4-2-5-9-14/h2-11,13H,12H2,1H3,(H,18,22)(H,20,21)/t13-/m0/s1. The van der Waals surface area contributed by atoms with Gasteiger partial charge in [0.25, 0.3) is 0 Å². The van der Waals surface area contributed by atoms with Gasteiger partial charge < -0.3 is 9.84 Å². The molecule has 6 nitrogen and oxygen atoms in total. The summed E-state index contributed by atoms with van der Waals surface area (Å²) in [7, 11) is 0. The Labute approximate surface area is 134 Å². The largest absolute Gasteiger partial charge is 0.480 e. The second kappa shape index (κ2) is 7.84. The highest BCUT2D eigenvalue weighted by molar-refractivity contribution is 5.80. The second-order valence-corrected chi connectivity index (χ2v) is 4.89. The zero-order valence-electron chi connectivity index (χ0n) is 12.7. The maximum absolute atomic E-state index is 12.0. The van der Waals surface area contributed by atoms with E-state index in [-0.39, 0.29) is 6.61 Å². The second-order valence-electron chi connectivity index (χ2n) is 4.89. The minimum atomic E-state index is -1.06. The van der Waals surface area contributed by atoms with Gasteiger partial charge in [-0.05, 0) is 24.6 Å². The van der Waals surface area contributed by atoms with Crippen LogP contribution in [0.5, 0.6) is 0 Å².